The zero-order chi connectivity index (χ0) is 42.0. The van der Waals surface area contributed by atoms with E-state index < -0.39 is 0 Å². The molecule has 0 aliphatic carbocycles. The number of hydrogen-bond donors (Lipinski definition) is 0. The summed E-state index contributed by atoms with van der Waals surface area (Å²) in [4.78, 5) is 2.47. The number of benzene rings is 8. The summed E-state index contributed by atoms with van der Waals surface area (Å²) in [6.07, 6.45) is 0. The summed E-state index contributed by atoms with van der Waals surface area (Å²) in [6.45, 7) is 20.8. The monoisotopic (exact) mass is 797 g/mol. The third-order valence-electron chi connectivity index (χ3n) is 12.1. The number of fused-ring (bicyclic) bond motifs is 4. The number of anilines is 3. The third-order valence-corrected chi connectivity index (χ3v) is 13.3. The van der Waals surface area contributed by atoms with E-state index in [9.17, 15) is 0 Å². The lowest BCUT2D eigenvalue weighted by Gasteiger charge is -2.30. The van der Waals surface area contributed by atoms with Crippen molar-refractivity contribution in [3.8, 4) is 33.4 Å². The molecule has 0 aliphatic rings. The van der Waals surface area contributed by atoms with Crippen molar-refractivity contribution >= 4 is 59.3 Å². The van der Waals surface area contributed by atoms with Gasteiger partial charge in [-0.25, -0.2) is 0 Å². The molecule has 0 amide bonds. The minimum Gasteiger partial charge on any atom is -0.310 e. The molecule has 1 nitrogen and oxygen atoms in total. The fourth-order valence-corrected chi connectivity index (χ4v) is 9.85. The summed E-state index contributed by atoms with van der Waals surface area (Å²) in [5.74, 6) is 0. The molecular weight excluding hydrogens is 743 g/mol. The highest BCUT2D eigenvalue weighted by Crippen LogP contribution is 2.47. The first-order chi connectivity index (χ1) is 28.6. The lowest BCUT2D eigenvalue weighted by atomic mass is 9.78. The highest BCUT2D eigenvalue weighted by Gasteiger charge is 2.24. The smallest absolute Gasteiger partial charge is 0.0540 e. The van der Waals surface area contributed by atoms with Gasteiger partial charge in [-0.15, -0.1) is 11.3 Å². The van der Waals surface area contributed by atoms with Gasteiger partial charge in [0.25, 0.3) is 0 Å². The van der Waals surface area contributed by atoms with Gasteiger partial charge in [0.15, 0.2) is 0 Å². The molecule has 1 heterocycles. The van der Waals surface area contributed by atoms with Crippen molar-refractivity contribution in [2.75, 3.05) is 4.90 Å². The van der Waals surface area contributed by atoms with Gasteiger partial charge in [-0.05, 0) is 114 Å². The van der Waals surface area contributed by atoms with Crippen LogP contribution in [0, 0.1) is 0 Å². The molecule has 9 aromatic rings. The number of para-hydroxylation sites is 1. The highest BCUT2D eigenvalue weighted by atomic mass is 32.1. The maximum Gasteiger partial charge on any atom is 0.0540 e. The molecule has 2 heteroatoms. The van der Waals surface area contributed by atoms with Gasteiger partial charge in [0.1, 0.15) is 0 Å². The van der Waals surface area contributed by atoms with Crippen molar-refractivity contribution in [2.45, 2.75) is 78.6 Å². The van der Waals surface area contributed by atoms with Gasteiger partial charge in [-0.3, -0.25) is 0 Å². The van der Waals surface area contributed by atoms with E-state index in [4.69, 9.17) is 0 Å². The van der Waals surface area contributed by atoms with Gasteiger partial charge in [0.05, 0.1) is 5.69 Å². The van der Waals surface area contributed by atoms with Gasteiger partial charge in [0.2, 0.25) is 0 Å². The Balaban J connectivity index is 1.28. The second-order valence-corrected chi connectivity index (χ2v) is 20.6. The molecule has 0 spiro atoms. The Morgan fingerprint density at radius 1 is 0.367 bits per heavy atom. The number of hydrogen-bond acceptors (Lipinski definition) is 2. The van der Waals surface area contributed by atoms with Gasteiger partial charge in [0, 0.05) is 37.1 Å². The van der Waals surface area contributed by atoms with Crippen LogP contribution in [0.1, 0.15) is 79.0 Å². The zero-order valence-corrected chi connectivity index (χ0v) is 37.3. The molecule has 0 bridgehead atoms. The Kier molecular flexibility index (Phi) is 9.84. The van der Waals surface area contributed by atoms with Crippen LogP contribution in [-0.2, 0) is 16.2 Å². The predicted octanol–water partition coefficient (Wildman–Crippen LogP) is 17.6. The van der Waals surface area contributed by atoms with Gasteiger partial charge < -0.3 is 4.90 Å². The van der Waals surface area contributed by atoms with Crippen LogP contribution in [-0.4, -0.2) is 0 Å². The van der Waals surface area contributed by atoms with Crippen LogP contribution in [0.3, 0.4) is 0 Å². The molecule has 0 unspecified atom stereocenters. The first-order valence-corrected chi connectivity index (χ1v) is 22.2. The molecule has 0 radical (unpaired) electrons. The van der Waals surface area contributed by atoms with Crippen LogP contribution >= 0.6 is 11.3 Å². The molecule has 0 atom stereocenters. The molecule has 8 aromatic carbocycles. The van der Waals surface area contributed by atoms with Gasteiger partial charge in [-0.2, -0.15) is 0 Å². The Hall–Kier alpha value is -5.96. The van der Waals surface area contributed by atoms with E-state index >= 15 is 0 Å². The van der Waals surface area contributed by atoms with Crippen molar-refractivity contribution in [1.29, 1.82) is 0 Å². The van der Waals surface area contributed by atoms with Crippen molar-refractivity contribution < 1.29 is 0 Å². The number of rotatable bonds is 6. The largest absolute Gasteiger partial charge is 0.310 e. The van der Waals surface area contributed by atoms with E-state index in [1.54, 1.807) is 0 Å². The van der Waals surface area contributed by atoms with Crippen LogP contribution in [0.2, 0.25) is 0 Å². The van der Waals surface area contributed by atoms with Crippen molar-refractivity contribution in [2.24, 2.45) is 0 Å². The lowest BCUT2D eigenvalue weighted by molar-refractivity contribution is 0.569. The Morgan fingerprint density at radius 2 is 0.917 bits per heavy atom. The van der Waals surface area contributed by atoms with E-state index in [1.165, 1.54) is 81.0 Å². The van der Waals surface area contributed by atoms with Crippen LogP contribution in [0.15, 0.2) is 170 Å². The summed E-state index contributed by atoms with van der Waals surface area (Å²) in [5.41, 5.74) is 14.9. The summed E-state index contributed by atoms with van der Waals surface area (Å²) >= 11 is 1.87. The molecule has 0 saturated carbocycles. The third kappa shape index (κ3) is 7.33. The fourth-order valence-electron chi connectivity index (χ4n) is 8.72. The molecular formula is C58H55NS. The Bertz CT molecular complexity index is 2990. The second-order valence-electron chi connectivity index (χ2n) is 19.5. The van der Waals surface area contributed by atoms with E-state index in [1.807, 2.05) is 11.3 Å². The number of thiophene rings is 1. The van der Waals surface area contributed by atoms with Crippen LogP contribution in [0.5, 0.6) is 0 Å². The molecule has 1 aromatic heterocycles. The summed E-state index contributed by atoms with van der Waals surface area (Å²) in [5, 5.41) is 5.14. The van der Waals surface area contributed by atoms with Crippen molar-refractivity contribution in [3.63, 3.8) is 0 Å². The lowest BCUT2D eigenvalue weighted by Crippen LogP contribution is -2.16. The molecule has 0 saturated heterocycles. The molecule has 0 aliphatic heterocycles. The zero-order valence-electron chi connectivity index (χ0n) is 36.5. The molecule has 0 fully saturated rings. The molecule has 9 rings (SSSR count). The maximum atomic E-state index is 2.47. The molecule has 0 N–H and O–H groups in total. The fraction of sp³-hybridized carbons (Fsp3) is 0.207. The van der Waals surface area contributed by atoms with Crippen LogP contribution in [0.25, 0.3) is 64.3 Å². The first-order valence-electron chi connectivity index (χ1n) is 21.3. The summed E-state index contributed by atoms with van der Waals surface area (Å²) < 4.78 is 2.63. The van der Waals surface area contributed by atoms with E-state index in [-0.39, 0.29) is 16.2 Å². The predicted molar refractivity (Wildman–Crippen MR) is 264 cm³/mol. The normalized spacial score (nSPS) is 12.4. The Labute approximate surface area is 361 Å². The minimum atomic E-state index is 0.00957. The van der Waals surface area contributed by atoms with Gasteiger partial charge in [-0.1, -0.05) is 190 Å². The van der Waals surface area contributed by atoms with Gasteiger partial charge >= 0.3 is 0 Å². The summed E-state index contributed by atoms with van der Waals surface area (Å²) in [6, 6.07) is 63.8. The highest BCUT2D eigenvalue weighted by molar-refractivity contribution is 7.25. The van der Waals surface area contributed by atoms with Crippen LogP contribution in [0.4, 0.5) is 17.1 Å². The van der Waals surface area contributed by atoms with Crippen molar-refractivity contribution in [3.05, 3.63) is 187 Å². The first kappa shape index (κ1) is 39.5. The molecule has 60 heavy (non-hydrogen) atoms. The average Bonchev–Trinajstić information content (AvgIpc) is 3.62. The quantitative estimate of drug-likeness (QED) is 0.162. The van der Waals surface area contributed by atoms with E-state index in [0.29, 0.717) is 0 Å². The maximum absolute atomic E-state index is 2.47. The SMILES string of the molecule is CC(C)(C)c1ccc(N(c2cccc(-c3cccc4sc5ccccc5c34)c2)c2ccccc2-c2cccc3cccc(-c4cc(C(C)(C)C)cc(C(C)(C)C)c4)c23)cc1. The Morgan fingerprint density at radius 3 is 1.60 bits per heavy atom. The van der Waals surface area contributed by atoms with E-state index in [2.05, 4.69) is 237 Å². The standard InChI is InChI=1S/C58H55NS/c1-56(2,3)41-30-32-44(33-31-41)59(45-21-14-20-39(36-45)46-25-17-29-53-55(46)50-23-11-13-28-52(50)60-53)51-27-12-10-22-48(51)49-26-16-19-38-18-15-24-47(54(38)49)40-34-42(57(4,5)6)37-43(35-40)58(7,8)9/h10-37H,1-9H3. The number of nitrogens with zero attached hydrogens (tertiary/aromatic N) is 1. The topological polar surface area (TPSA) is 3.24 Å². The minimum absolute atomic E-state index is 0.00957. The second kappa shape index (κ2) is 14.9. The molecule has 298 valence electrons. The van der Waals surface area contributed by atoms with E-state index in [0.717, 1.165) is 17.1 Å². The average molecular weight is 798 g/mol. The summed E-state index contributed by atoms with van der Waals surface area (Å²) in [7, 11) is 0. The van der Waals surface area contributed by atoms with Crippen LogP contribution < -0.4 is 4.90 Å². The van der Waals surface area contributed by atoms with Crippen molar-refractivity contribution in [1.82, 2.24) is 0 Å².